The van der Waals surface area contributed by atoms with E-state index in [0.717, 1.165) is 17.5 Å². The van der Waals surface area contributed by atoms with Gasteiger partial charge in [0.25, 0.3) is 0 Å². The van der Waals surface area contributed by atoms with Crippen LogP contribution in [-0.2, 0) is 6.42 Å². The summed E-state index contributed by atoms with van der Waals surface area (Å²) in [6.45, 7) is 0.616. The largest absolute Gasteiger partial charge is 0.330 e. The summed E-state index contributed by atoms with van der Waals surface area (Å²) in [6.07, 6.45) is 0.832. The van der Waals surface area contributed by atoms with Crippen LogP contribution in [0, 0.1) is 5.82 Å². The molecule has 0 radical (unpaired) electrons. The molecule has 0 heterocycles. The molecule has 88 valence electrons. The zero-order chi connectivity index (χ0) is 12.3. The Morgan fingerprint density at radius 3 is 2.41 bits per heavy atom. The topological polar surface area (TPSA) is 26.0 Å². The third-order valence-corrected chi connectivity index (χ3v) is 2.86. The van der Waals surface area contributed by atoms with Gasteiger partial charge in [0.15, 0.2) is 0 Å². The van der Waals surface area contributed by atoms with E-state index in [1.54, 1.807) is 12.1 Å². The Kier molecular flexibility index (Phi) is 3.77. The normalized spacial score (nSPS) is 10.5. The fraction of sp³-hybridized carbons (Fsp3) is 0.143. The van der Waals surface area contributed by atoms with Crippen LogP contribution in [0.5, 0.6) is 0 Å². The lowest BCUT2D eigenvalue weighted by molar-refractivity contribution is 0.631. The van der Waals surface area contributed by atoms with Crippen molar-refractivity contribution in [3.8, 4) is 11.1 Å². The highest BCUT2D eigenvalue weighted by atomic mass is 35.5. The van der Waals surface area contributed by atoms with Gasteiger partial charge in [-0.3, -0.25) is 0 Å². The number of benzene rings is 2. The van der Waals surface area contributed by atoms with Crippen LogP contribution < -0.4 is 5.73 Å². The van der Waals surface area contributed by atoms with Crippen LogP contribution in [0.3, 0.4) is 0 Å². The highest BCUT2D eigenvalue weighted by molar-refractivity contribution is 6.30. The van der Waals surface area contributed by atoms with Crippen molar-refractivity contribution in [2.75, 3.05) is 6.54 Å². The smallest absolute Gasteiger partial charge is 0.131 e. The van der Waals surface area contributed by atoms with Gasteiger partial charge in [0.1, 0.15) is 5.82 Å². The fourth-order valence-corrected chi connectivity index (χ4v) is 1.91. The van der Waals surface area contributed by atoms with Crippen molar-refractivity contribution >= 4 is 11.6 Å². The van der Waals surface area contributed by atoms with Crippen molar-refractivity contribution in [3.05, 3.63) is 58.9 Å². The molecule has 3 heteroatoms. The first-order valence-corrected chi connectivity index (χ1v) is 5.83. The summed E-state index contributed by atoms with van der Waals surface area (Å²) in [6, 6.07) is 12.3. The van der Waals surface area contributed by atoms with Gasteiger partial charge in [0.05, 0.1) is 0 Å². The van der Waals surface area contributed by atoms with Crippen LogP contribution in [0.4, 0.5) is 4.39 Å². The van der Waals surface area contributed by atoms with E-state index in [-0.39, 0.29) is 5.82 Å². The molecule has 1 nitrogen and oxygen atoms in total. The lowest BCUT2D eigenvalue weighted by atomic mass is 10.0. The van der Waals surface area contributed by atoms with Crippen molar-refractivity contribution in [2.24, 2.45) is 5.73 Å². The highest BCUT2D eigenvalue weighted by Gasteiger charge is 2.05. The summed E-state index contributed by atoms with van der Waals surface area (Å²) >= 11 is 5.86. The standard InChI is InChI=1S/C14H13ClFN/c15-12-5-6-14(16)13(9-12)11-3-1-10(2-4-11)7-8-17/h1-6,9H,7-8,17H2. The first kappa shape index (κ1) is 12.1. The lowest BCUT2D eigenvalue weighted by Gasteiger charge is -2.05. The average Bonchev–Trinajstić information content (AvgIpc) is 2.34. The Hall–Kier alpha value is -1.38. The summed E-state index contributed by atoms with van der Waals surface area (Å²) in [7, 11) is 0. The summed E-state index contributed by atoms with van der Waals surface area (Å²) in [5.41, 5.74) is 7.98. The van der Waals surface area contributed by atoms with Gasteiger partial charge in [-0.15, -0.1) is 0 Å². The molecule has 0 fully saturated rings. The molecule has 0 amide bonds. The van der Waals surface area contributed by atoms with Crippen molar-refractivity contribution in [1.29, 1.82) is 0 Å². The van der Waals surface area contributed by atoms with Gasteiger partial charge in [-0.1, -0.05) is 35.9 Å². The maximum Gasteiger partial charge on any atom is 0.131 e. The number of nitrogens with two attached hydrogens (primary N) is 1. The van der Waals surface area contributed by atoms with E-state index in [4.69, 9.17) is 17.3 Å². The second-order valence-electron chi connectivity index (χ2n) is 3.86. The highest BCUT2D eigenvalue weighted by Crippen LogP contribution is 2.26. The quantitative estimate of drug-likeness (QED) is 0.883. The summed E-state index contributed by atoms with van der Waals surface area (Å²) in [4.78, 5) is 0. The van der Waals surface area contributed by atoms with Gasteiger partial charge in [-0.2, -0.15) is 0 Å². The van der Waals surface area contributed by atoms with Crippen molar-refractivity contribution in [3.63, 3.8) is 0 Å². The van der Waals surface area contributed by atoms with Gasteiger partial charge in [0, 0.05) is 10.6 Å². The van der Waals surface area contributed by atoms with Gasteiger partial charge in [-0.25, -0.2) is 4.39 Å². The van der Waals surface area contributed by atoms with E-state index in [1.165, 1.54) is 6.07 Å². The van der Waals surface area contributed by atoms with Crippen LogP contribution >= 0.6 is 11.6 Å². The molecule has 2 aromatic carbocycles. The molecule has 0 spiro atoms. The maximum absolute atomic E-state index is 13.6. The van der Waals surface area contributed by atoms with Crippen LogP contribution in [0.15, 0.2) is 42.5 Å². The van der Waals surface area contributed by atoms with Crippen LogP contribution in [0.25, 0.3) is 11.1 Å². The molecule has 0 aromatic heterocycles. The number of hydrogen-bond donors (Lipinski definition) is 1. The SMILES string of the molecule is NCCc1ccc(-c2cc(Cl)ccc2F)cc1. The number of rotatable bonds is 3. The van der Waals surface area contributed by atoms with Crippen molar-refractivity contribution < 1.29 is 4.39 Å². The molecule has 0 bridgehead atoms. The molecule has 2 rings (SSSR count). The zero-order valence-electron chi connectivity index (χ0n) is 9.29. The lowest BCUT2D eigenvalue weighted by Crippen LogP contribution is -2.02. The molecule has 0 saturated carbocycles. The third-order valence-electron chi connectivity index (χ3n) is 2.63. The second-order valence-corrected chi connectivity index (χ2v) is 4.30. The first-order valence-electron chi connectivity index (χ1n) is 5.45. The Morgan fingerprint density at radius 2 is 1.76 bits per heavy atom. The molecule has 0 unspecified atom stereocenters. The molecule has 0 aliphatic heterocycles. The van der Waals surface area contributed by atoms with E-state index < -0.39 is 0 Å². The van der Waals surface area contributed by atoms with Gasteiger partial charge >= 0.3 is 0 Å². The molecular formula is C14H13ClFN. The van der Waals surface area contributed by atoms with Crippen LogP contribution in [0.2, 0.25) is 5.02 Å². The Balaban J connectivity index is 2.36. The van der Waals surface area contributed by atoms with Gasteiger partial charge < -0.3 is 5.73 Å². The van der Waals surface area contributed by atoms with E-state index >= 15 is 0 Å². The van der Waals surface area contributed by atoms with E-state index in [2.05, 4.69) is 0 Å². The minimum absolute atomic E-state index is 0.263. The zero-order valence-corrected chi connectivity index (χ0v) is 10.0. The molecule has 2 aromatic rings. The van der Waals surface area contributed by atoms with E-state index in [0.29, 0.717) is 17.1 Å². The average molecular weight is 250 g/mol. The van der Waals surface area contributed by atoms with Crippen molar-refractivity contribution in [2.45, 2.75) is 6.42 Å². The monoisotopic (exact) mass is 249 g/mol. The summed E-state index contributed by atoms with van der Waals surface area (Å²) < 4.78 is 13.6. The number of hydrogen-bond acceptors (Lipinski definition) is 1. The molecule has 0 aliphatic rings. The molecule has 0 saturated heterocycles. The number of halogens is 2. The Labute approximate surface area is 105 Å². The maximum atomic E-state index is 13.6. The van der Waals surface area contributed by atoms with Crippen LogP contribution in [-0.4, -0.2) is 6.54 Å². The Bertz CT molecular complexity index is 508. The predicted octanol–water partition coefficient (Wildman–Crippen LogP) is 3.65. The van der Waals surface area contributed by atoms with E-state index in [9.17, 15) is 4.39 Å². The summed E-state index contributed by atoms with van der Waals surface area (Å²) in [5, 5.41) is 0.535. The minimum atomic E-state index is -0.263. The minimum Gasteiger partial charge on any atom is -0.330 e. The van der Waals surface area contributed by atoms with Crippen LogP contribution in [0.1, 0.15) is 5.56 Å². The third kappa shape index (κ3) is 2.84. The van der Waals surface area contributed by atoms with E-state index in [1.807, 2.05) is 24.3 Å². The molecule has 0 aliphatic carbocycles. The van der Waals surface area contributed by atoms with Crippen molar-refractivity contribution in [1.82, 2.24) is 0 Å². The summed E-state index contributed by atoms with van der Waals surface area (Å²) in [5.74, 6) is -0.263. The molecule has 2 N–H and O–H groups in total. The Morgan fingerprint density at radius 1 is 1.06 bits per heavy atom. The first-order chi connectivity index (χ1) is 8.20. The molecule has 0 atom stereocenters. The molecular weight excluding hydrogens is 237 g/mol. The second kappa shape index (κ2) is 5.30. The molecule has 17 heavy (non-hydrogen) atoms. The predicted molar refractivity (Wildman–Crippen MR) is 69.6 cm³/mol. The van der Waals surface area contributed by atoms with Gasteiger partial charge in [0.2, 0.25) is 0 Å². The van der Waals surface area contributed by atoms with Gasteiger partial charge in [-0.05, 0) is 42.3 Å². The fourth-order valence-electron chi connectivity index (χ4n) is 1.74.